The van der Waals surface area contributed by atoms with E-state index in [1.54, 1.807) is 0 Å². The molecule has 0 radical (unpaired) electrons. The van der Waals surface area contributed by atoms with E-state index in [1.807, 2.05) is 11.8 Å². The molecule has 3 rings (SSSR count). The van der Waals surface area contributed by atoms with Crippen molar-refractivity contribution in [2.45, 2.75) is 23.1 Å². The molecule has 0 unspecified atom stereocenters. The van der Waals surface area contributed by atoms with Gasteiger partial charge in [0.25, 0.3) is 0 Å². The standard InChI is InChI=1S/C17H17NS/c1-13(2)11-12-18-14-7-3-5-9-16(14)19-17-10-6-4-8-15(17)18/h3-10H,1,11-12H2,2H3. The third-order valence-electron chi connectivity index (χ3n) is 3.29. The molecule has 96 valence electrons. The Hall–Kier alpha value is -1.67. The van der Waals surface area contributed by atoms with Gasteiger partial charge in [0.1, 0.15) is 0 Å². The zero-order valence-electron chi connectivity index (χ0n) is 11.1. The van der Waals surface area contributed by atoms with E-state index >= 15 is 0 Å². The van der Waals surface area contributed by atoms with Gasteiger partial charge >= 0.3 is 0 Å². The number of nitrogens with zero attached hydrogens (tertiary/aromatic N) is 1. The monoisotopic (exact) mass is 267 g/mol. The SMILES string of the molecule is C=C(C)CCN1c2ccccc2Sc2ccccc21. The fourth-order valence-electron chi connectivity index (χ4n) is 2.32. The van der Waals surface area contributed by atoms with Gasteiger partial charge in [-0.3, -0.25) is 0 Å². The molecule has 1 nitrogen and oxygen atoms in total. The molecule has 0 fully saturated rings. The molecule has 0 saturated carbocycles. The Kier molecular flexibility index (Phi) is 3.34. The second-order valence-corrected chi connectivity index (χ2v) is 5.98. The van der Waals surface area contributed by atoms with Crippen LogP contribution in [0.2, 0.25) is 0 Å². The summed E-state index contributed by atoms with van der Waals surface area (Å²) in [5, 5.41) is 0. The average Bonchev–Trinajstić information content (AvgIpc) is 2.43. The van der Waals surface area contributed by atoms with E-state index in [4.69, 9.17) is 0 Å². The van der Waals surface area contributed by atoms with Gasteiger partial charge in [-0.25, -0.2) is 0 Å². The van der Waals surface area contributed by atoms with E-state index in [9.17, 15) is 0 Å². The number of anilines is 2. The van der Waals surface area contributed by atoms with Crippen LogP contribution in [0.1, 0.15) is 13.3 Å². The van der Waals surface area contributed by atoms with Crippen LogP contribution in [0.15, 0.2) is 70.5 Å². The highest BCUT2D eigenvalue weighted by Gasteiger charge is 2.21. The highest BCUT2D eigenvalue weighted by Crippen LogP contribution is 2.47. The van der Waals surface area contributed by atoms with Crippen LogP contribution in [0.3, 0.4) is 0 Å². The molecule has 0 N–H and O–H groups in total. The average molecular weight is 267 g/mol. The smallest absolute Gasteiger partial charge is 0.0552 e. The molecule has 2 aromatic rings. The first-order valence-electron chi connectivity index (χ1n) is 6.53. The largest absolute Gasteiger partial charge is 0.339 e. The minimum atomic E-state index is 0.990. The minimum Gasteiger partial charge on any atom is -0.339 e. The molecule has 0 aliphatic carbocycles. The van der Waals surface area contributed by atoms with Gasteiger partial charge in [0.15, 0.2) is 0 Å². The summed E-state index contributed by atoms with van der Waals surface area (Å²) in [6.45, 7) is 7.10. The van der Waals surface area contributed by atoms with Crippen molar-refractivity contribution in [3.63, 3.8) is 0 Å². The Labute approximate surface area is 119 Å². The van der Waals surface area contributed by atoms with Crippen molar-refractivity contribution in [3.8, 4) is 0 Å². The molecule has 19 heavy (non-hydrogen) atoms. The summed E-state index contributed by atoms with van der Waals surface area (Å²) < 4.78 is 0. The van der Waals surface area contributed by atoms with E-state index in [0.29, 0.717) is 0 Å². The van der Waals surface area contributed by atoms with Gasteiger partial charge in [-0.1, -0.05) is 41.6 Å². The molecule has 0 amide bonds. The highest BCUT2D eigenvalue weighted by molar-refractivity contribution is 7.99. The van der Waals surface area contributed by atoms with Crippen molar-refractivity contribution >= 4 is 23.1 Å². The lowest BCUT2D eigenvalue weighted by atomic mass is 10.2. The zero-order valence-corrected chi connectivity index (χ0v) is 11.9. The number of hydrogen-bond acceptors (Lipinski definition) is 2. The van der Waals surface area contributed by atoms with Crippen molar-refractivity contribution in [3.05, 3.63) is 60.7 Å². The molecule has 0 saturated heterocycles. The number of para-hydroxylation sites is 2. The second kappa shape index (κ2) is 5.14. The van der Waals surface area contributed by atoms with Crippen molar-refractivity contribution in [2.24, 2.45) is 0 Å². The summed E-state index contributed by atoms with van der Waals surface area (Å²) in [7, 11) is 0. The Bertz CT molecular complexity index is 573. The first kappa shape index (κ1) is 12.4. The van der Waals surface area contributed by atoms with Crippen LogP contribution in [-0.4, -0.2) is 6.54 Å². The molecular formula is C17H17NS. The zero-order chi connectivity index (χ0) is 13.2. The molecule has 2 heteroatoms. The lowest BCUT2D eigenvalue weighted by Gasteiger charge is -2.32. The molecule has 1 aliphatic heterocycles. The fraction of sp³-hybridized carbons (Fsp3) is 0.176. The molecule has 0 spiro atoms. The maximum absolute atomic E-state index is 4.02. The first-order chi connectivity index (χ1) is 9.25. The quantitative estimate of drug-likeness (QED) is 0.698. The van der Waals surface area contributed by atoms with Crippen molar-refractivity contribution < 1.29 is 0 Å². The van der Waals surface area contributed by atoms with Gasteiger partial charge in [-0.05, 0) is 37.6 Å². The Morgan fingerprint density at radius 3 is 2.05 bits per heavy atom. The van der Waals surface area contributed by atoms with Gasteiger partial charge in [-0.15, -0.1) is 6.58 Å². The molecule has 0 atom stereocenters. The van der Waals surface area contributed by atoms with Crippen LogP contribution in [0.4, 0.5) is 11.4 Å². The predicted octanol–water partition coefficient (Wildman–Crippen LogP) is 5.26. The van der Waals surface area contributed by atoms with Crippen LogP contribution in [0.5, 0.6) is 0 Å². The van der Waals surface area contributed by atoms with E-state index < -0.39 is 0 Å². The summed E-state index contributed by atoms with van der Waals surface area (Å²) in [5.41, 5.74) is 3.85. The van der Waals surface area contributed by atoms with Gasteiger partial charge in [0, 0.05) is 16.3 Å². The van der Waals surface area contributed by atoms with Crippen LogP contribution in [0, 0.1) is 0 Å². The minimum absolute atomic E-state index is 0.990. The van der Waals surface area contributed by atoms with Crippen molar-refractivity contribution in [2.75, 3.05) is 11.4 Å². The Morgan fingerprint density at radius 2 is 1.53 bits per heavy atom. The van der Waals surface area contributed by atoms with Crippen LogP contribution >= 0.6 is 11.8 Å². The molecular weight excluding hydrogens is 250 g/mol. The third kappa shape index (κ3) is 2.41. The lowest BCUT2D eigenvalue weighted by Crippen LogP contribution is -2.21. The van der Waals surface area contributed by atoms with Crippen LogP contribution in [0.25, 0.3) is 0 Å². The number of hydrogen-bond donors (Lipinski definition) is 0. The molecule has 0 bridgehead atoms. The normalized spacial score (nSPS) is 12.8. The number of rotatable bonds is 3. The fourth-order valence-corrected chi connectivity index (χ4v) is 3.42. The highest BCUT2D eigenvalue weighted by atomic mass is 32.2. The summed E-state index contributed by atoms with van der Waals surface area (Å²) >= 11 is 1.86. The second-order valence-electron chi connectivity index (χ2n) is 4.90. The summed E-state index contributed by atoms with van der Waals surface area (Å²) in [6, 6.07) is 17.2. The maximum atomic E-state index is 4.02. The van der Waals surface area contributed by atoms with Crippen LogP contribution in [-0.2, 0) is 0 Å². The molecule has 1 aliphatic rings. The summed E-state index contributed by atoms with van der Waals surface area (Å²) in [5.74, 6) is 0. The van der Waals surface area contributed by atoms with E-state index in [0.717, 1.165) is 13.0 Å². The van der Waals surface area contributed by atoms with Gasteiger partial charge in [0.05, 0.1) is 11.4 Å². The van der Waals surface area contributed by atoms with Gasteiger partial charge in [-0.2, -0.15) is 0 Å². The lowest BCUT2D eigenvalue weighted by molar-refractivity contribution is 0.883. The van der Waals surface area contributed by atoms with Crippen molar-refractivity contribution in [1.82, 2.24) is 0 Å². The summed E-state index contributed by atoms with van der Waals surface area (Å²) in [4.78, 5) is 5.08. The summed E-state index contributed by atoms with van der Waals surface area (Å²) in [6.07, 6.45) is 1.02. The van der Waals surface area contributed by atoms with Gasteiger partial charge < -0.3 is 4.90 Å². The maximum Gasteiger partial charge on any atom is 0.0552 e. The number of fused-ring (bicyclic) bond motifs is 2. The Morgan fingerprint density at radius 1 is 1.00 bits per heavy atom. The molecule has 1 heterocycles. The third-order valence-corrected chi connectivity index (χ3v) is 4.42. The Balaban J connectivity index is 2.03. The topological polar surface area (TPSA) is 3.24 Å². The van der Waals surface area contributed by atoms with Crippen LogP contribution < -0.4 is 4.90 Å². The number of benzene rings is 2. The van der Waals surface area contributed by atoms with E-state index in [1.165, 1.54) is 26.7 Å². The first-order valence-corrected chi connectivity index (χ1v) is 7.35. The molecule has 2 aromatic carbocycles. The molecule has 0 aromatic heterocycles. The van der Waals surface area contributed by atoms with Crippen molar-refractivity contribution in [1.29, 1.82) is 0 Å². The predicted molar refractivity (Wildman–Crippen MR) is 83.4 cm³/mol. The van der Waals surface area contributed by atoms with E-state index in [-0.39, 0.29) is 0 Å². The van der Waals surface area contributed by atoms with Gasteiger partial charge in [0.2, 0.25) is 0 Å². The van der Waals surface area contributed by atoms with E-state index in [2.05, 4.69) is 66.9 Å².